The van der Waals surface area contributed by atoms with Crippen LogP contribution >= 0.6 is 0 Å². The summed E-state index contributed by atoms with van der Waals surface area (Å²) in [6.07, 6.45) is 0. The van der Waals surface area contributed by atoms with Gasteiger partial charge in [-0.2, -0.15) is 5.06 Å². The van der Waals surface area contributed by atoms with Crippen LogP contribution in [0.4, 0.5) is 0 Å². The maximum Gasteiger partial charge on any atom is 0.0575 e. The van der Waals surface area contributed by atoms with Gasteiger partial charge >= 0.3 is 0 Å². The fourth-order valence-electron chi connectivity index (χ4n) is 0.222. The molecule has 0 aromatic heterocycles. The molecule has 0 rings (SSSR count). The summed E-state index contributed by atoms with van der Waals surface area (Å²) in [6.45, 7) is -3.30. The number of hydroxylamine groups is 2. The highest BCUT2D eigenvalue weighted by Gasteiger charge is 1.89. The van der Waals surface area contributed by atoms with Crippen molar-refractivity contribution in [2.24, 2.45) is 0 Å². The molecule has 50 valence electrons. The first-order chi connectivity index (χ1) is 5.45. The maximum absolute atomic E-state index is 7.38. The van der Waals surface area contributed by atoms with Gasteiger partial charge in [0.25, 0.3) is 0 Å². The van der Waals surface area contributed by atoms with Crippen LogP contribution < -0.4 is 5.32 Å². The minimum absolute atomic E-state index is 0.00903. The zero-order chi connectivity index (χ0) is 9.78. The zero-order valence-electron chi connectivity index (χ0n) is 9.14. The van der Waals surface area contributed by atoms with E-state index in [-0.39, 0.29) is 6.54 Å². The Hall–Kier alpha value is -0.120. The molecule has 0 amide bonds. The average Bonchev–Trinajstić information content (AvgIpc) is 1.86. The lowest BCUT2D eigenvalue weighted by Gasteiger charge is -2.11. The third kappa shape index (κ3) is 4.05. The van der Waals surface area contributed by atoms with Crippen molar-refractivity contribution in [3.05, 3.63) is 0 Å². The maximum atomic E-state index is 7.38. The molecule has 0 saturated carbocycles. The van der Waals surface area contributed by atoms with Gasteiger partial charge in [-0.25, -0.2) is 0 Å². The van der Waals surface area contributed by atoms with Crippen molar-refractivity contribution in [3.8, 4) is 0 Å². The Kier molecular flexibility index (Phi) is 1.98. The Balaban J connectivity index is 4.25. The fraction of sp³-hybridized carbons (Fsp3) is 1.00. The van der Waals surface area contributed by atoms with Crippen LogP contribution in [0.15, 0.2) is 0 Å². The van der Waals surface area contributed by atoms with E-state index < -0.39 is 13.5 Å². The van der Waals surface area contributed by atoms with E-state index >= 15 is 0 Å². The van der Waals surface area contributed by atoms with Crippen molar-refractivity contribution in [2.75, 3.05) is 34.2 Å². The van der Waals surface area contributed by atoms with E-state index in [1.165, 1.54) is 7.11 Å². The van der Waals surface area contributed by atoms with Crippen molar-refractivity contribution >= 4 is 0 Å². The molecule has 8 heavy (non-hydrogen) atoms. The molecule has 0 aliphatic carbocycles. The molecule has 0 bridgehead atoms. The molecule has 0 fully saturated rings. The lowest BCUT2D eigenvalue weighted by atomic mass is 10.6. The minimum atomic E-state index is -1.84. The second kappa shape index (κ2) is 5.03. The number of rotatable bonds is 4. The zero-order valence-corrected chi connectivity index (χ0v) is 5.14. The standard InChI is InChI=1S/C5H14N2O/c1-6-4-5-7(2)8-3/h6H,4-5H2,1-3H3/i2T2,5T2. The van der Waals surface area contributed by atoms with Gasteiger partial charge in [-0.1, -0.05) is 0 Å². The van der Waals surface area contributed by atoms with E-state index in [9.17, 15) is 0 Å². The number of hydrogen-bond donors (Lipinski definition) is 1. The molecule has 0 saturated heterocycles. The minimum Gasteiger partial charge on any atom is -0.318 e. The van der Waals surface area contributed by atoms with Crippen molar-refractivity contribution < 1.29 is 10.3 Å². The molecule has 0 aromatic carbocycles. The first kappa shape index (κ1) is 3.15. The number of nitrogens with zero attached hydrogens (tertiary/aromatic N) is 1. The van der Waals surface area contributed by atoms with Crippen LogP contribution in [-0.4, -0.2) is 39.3 Å². The summed E-state index contributed by atoms with van der Waals surface area (Å²) in [5.74, 6) is 0. The Morgan fingerprint density at radius 3 is 3.12 bits per heavy atom. The van der Waals surface area contributed by atoms with Gasteiger partial charge in [0.1, 0.15) is 0 Å². The molecule has 0 aliphatic heterocycles. The molecule has 0 unspecified atom stereocenters. The first-order valence-electron chi connectivity index (χ1n) is 4.43. The molecular formula is C5H14N2O. The first-order valence-corrected chi connectivity index (χ1v) is 2.28. The Bertz CT molecular complexity index is 133. The third-order valence-corrected chi connectivity index (χ3v) is 0.608. The van der Waals surface area contributed by atoms with E-state index in [0.29, 0.717) is 5.06 Å². The van der Waals surface area contributed by atoms with Crippen LogP contribution in [0.2, 0.25) is 0 Å². The highest BCUT2D eigenvalue weighted by molar-refractivity contribution is 4.39. The normalized spacial score (nSPS) is 20.0. The predicted molar refractivity (Wildman–Crippen MR) is 33.6 cm³/mol. The molecule has 3 nitrogen and oxygen atoms in total. The van der Waals surface area contributed by atoms with E-state index in [1.54, 1.807) is 7.05 Å². The Morgan fingerprint density at radius 1 is 2.00 bits per heavy atom. The van der Waals surface area contributed by atoms with Gasteiger partial charge in [-0.15, -0.1) is 0 Å². The molecule has 0 atom stereocenters. The molecule has 0 aromatic rings. The molecule has 0 aliphatic rings. The summed E-state index contributed by atoms with van der Waals surface area (Å²) < 4.78 is 28.7. The van der Waals surface area contributed by atoms with Gasteiger partial charge in [0.05, 0.1) is 7.11 Å². The van der Waals surface area contributed by atoms with Crippen molar-refractivity contribution in [1.82, 2.24) is 10.4 Å². The largest absolute Gasteiger partial charge is 0.318 e. The lowest BCUT2D eigenvalue weighted by Crippen LogP contribution is -2.26. The SMILES string of the molecule is [3H]C([3H])N(OC)C([3H])([3H])CNC. The third-order valence-electron chi connectivity index (χ3n) is 0.608. The highest BCUT2D eigenvalue weighted by Crippen LogP contribution is 1.75. The predicted octanol–water partition coefficient (Wildman–Crippen LogP) is -0.301. The van der Waals surface area contributed by atoms with Crippen LogP contribution in [0, 0.1) is 0 Å². The van der Waals surface area contributed by atoms with E-state index in [4.69, 9.17) is 5.48 Å². The van der Waals surface area contributed by atoms with E-state index in [1.807, 2.05) is 0 Å². The summed E-state index contributed by atoms with van der Waals surface area (Å²) >= 11 is 0. The van der Waals surface area contributed by atoms with Crippen LogP contribution in [0.3, 0.4) is 0 Å². The topological polar surface area (TPSA) is 24.5 Å². The van der Waals surface area contributed by atoms with Gasteiger partial charge in [-0.3, -0.25) is 0 Å². The van der Waals surface area contributed by atoms with E-state index in [0.717, 1.165) is 0 Å². The summed E-state index contributed by atoms with van der Waals surface area (Å²) in [6, 6.07) is 0. The van der Waals surface area contributed by atoms with Gasteiger partial charge in [0, 0.05) is 25.5 Å². The quantitative estimate of drug-likeness (QED) is 0.523. The molecular weight excluding hydrogens is 104 g/mol. The van der Waals surface area contributed by atoms with Gasteiger partial charge in [-0.05, 0) is 7.05 Å². The molecule has 3 heteroatoms. The number of nitrogens with one attached hydrogen (secondary N) is 1. The monoisotopic (exact) mass is 126 g/mol. The van der Waals surface area contributed by atoms with Gasteiger partial charge < -0.3 is 10.2 Å². The Morgan fingerprint density at radius 2 is 2.75 bits per heavy atom. The molecule has 0 radical (unpaired) electrons. The average molecular weight is 126 g/mol. The molecule has 1 N–H and O–H groups in total. The second-order valence-electron chi connectivity index (χ2n) is 1.20. The molecule has 0 spiro atoms. The van der Waals surface area contributed by atoms with Crippen LogP contribution in [0.5, 0.6) is 0 Å². The van der Waals surface area contributed by atoms with Crippen LogP contribution in [0.25, 0.3) is 0 Å². The van der Waals surface area contributed by atoms with Crippen molar-refractivity contribution in [1.29, 1.82) is 0 Å². The number of hydrogen-bond acceptors (Lipinski definition) is 3. The van der Waals surface area contributed by atoms with Crippen LogP contribution in [-0.2, 0) is 4.84 Å². The van der Waals surface area contributed by atoms with Crippen molar-refractivity contribution in [3.63, 3.8) is 0 Å². The fourth-order valence-corrected chi connectivity index (χ4v) is 0.222. The number of likely N-dealkylation sites (N-methyl/N-ethyl adjacent to an activating group) is 2. The van der Waals surface area contributed by atoms with Gasteiger partial charge in [0.15, 0.2) is 0 Å². The highest BCUT2D eigenvalue weighted by atomic mass is 16.7. The second-order valence-corrected chi connectivity index (χ2v) is 1.20. The summed E-state index contributed by atoms with van der Waals surface area (Å²) in [7, 11) is 2.83. The van der Waals surface area contributed by atoms with E-state index in [2.05, 4.69) is 10.2 Å². The van der Waals surface area contributed by atoms with Crippen LogP contribution in [0.1, 0.15) is 5.48 Å². The smallest absolute Gasteiger partial charge is 0.0575 e. The summed E-state index contributed by atoms with van der Waals surface area (Å²) in [5.41, 5.74) is 0. The summed E-state index contributed by atoms with van der Waals surface area (Å²) in [5, 5.41) is 3.28. The molecule has 0 heterocycles. The lowest BCUT2D eigenvalue weighted by molar-refractivity contribution is -0.107. The summed E-state index contributed by atoms with van der Waals surface area (Å²) in [4.78, 5) is 4.57. The van der Waals surface area contributed by atoms with Crippen molar-refractivity contribution in [2.45, 2.75) is 0 Å². The van der Waals surface area contributed by atoms with Gasteiger partial charge in [0.2, 0.25) is 0 Å². The Labute approximate surface area is 56.2 Å².